The van der Waals surface area contributed by atoms with Crippen molar-refractivity contribution in [3.63, 3.8) is 0 Å². The van der Waals surface area contributed by atoms with Crippen LogP contribution >= 0.6 is 0 Å². The highest BCUT2D eigenvalue weighted by Crippen LogP contribution is 2.13. The summed E-state index contributed by atoms with van der Waals surface area (Å²) in [6, 6.07) is 15.0. The first kappa shape index (κ1) is 22.6. The molecule has 2 N–H and O–H groups in total. The molecule has 1 atom stereocenters. The standard InChI is InChI=1S/C20H23N3O5.ClH/c24-18(15-28-19-4-2-1-3-5-19)14-21-10-12-22(13-11-21)20(25)16-6-8-17(9-7-16)23(26)27;/h1-9,18,24H,10-15H2;1H. The Balaban J connectivity index is 0.00000300. The van der Waals surface area contributed by atoms with Crippen molar-refractivity contribution in [3.8, 4) is 5.75 Å². The van der Waals surface area contributed by atoms with E-state index in [9.17, 15) is 20.0 Å². The maximum absolute atomic E-state index is 12.5. The highest BCUT2D eigenvalue weighted by Gasteiger charge is 2.26. The Labute approximate surface area is 175 Å². The van der Waals surface area contributed by atoms with Crippen molar-refractivity contribution in [2.24, 2.45) is 0 Å². The molecule has 8 nitrogen and oxygen atoms in total. The number of non-ortho nitro benzene ring substituents is 1. The Morgan fingerprint density at radius 1 is 1.14 bits per heavy atom. The molecular weight excluding hydrogens is 398 g/mol. The molecule has 9 heteroatoms. The number of quaternary nitrogens is 1. The number of amides is 1. The molecule has 0 aromatic heterocycles. The van der Waals surface area contributed by atoms with E-state index in [0.717, 1.165) is 18.8 Å². The van der Waals surface area contributed by atoms with Gasteiger partial charge in [-0.2, -0.15) is 0 Å². The van der Waals surface area contributed by atoms with Gasteiger partial charge in [0, 0.05) is 17.7 Å². The molecule has 2 aromatic rings. The van der Waals surface area contributed by atoms with Gasteiger partial charge in [0.15, 0.2) is 0 Å². The molecule has 1 saturated heterocycles. The number of nitrogens with zero attached hydrogens (tertiary/aromatic N) is 2. The molecule has 1 aliphatic rings. The summed E-state index contributed by atoms with van der Waals surface area (Å²) in [5.41, 5.74) is 0.419. The lowest BCUT2D eigenvalue weighted by atomic mass is 10.1. The largest absolute Gasteiger partial charge is 1.00 e. The Kier molecular flexibility index (Phi) is 8.38. The smallest absolute Gasteiger partial charge is 0.269 e. The zero-order valence-corrected chi connectivity index (χ0v) is 16.6. The van der Waals surface area contributed by atoms with Crippen LogP contribution in [0.3, 0.4) is 0 Å². The fraction of sp³-hybridized carbons (Fsp3) is 0.350. The quantitative estimate of drug-likeness (QED) is 0.377. The van der Waals surface area contributed by atoms with Crippen molar-refractivity contribution >= 4 is 11.6 Å². The number of para-hydroxylation sites is 1. The minimum atomic E-state index is -0.577. The monoisotopic (exact) mass is 421 g/mol. The first-order valence-electron chi connectivity index (χ1n) is 9.26. The molecule has 29 heavy (non-hydrogen) atoms. The van der Waals surface area contributed by atoms with Gasteiger partial charge in [-0.25, -0.2) is 0 Å². The van der Waals surface area contributed by atoms with Crippen LogP contribution in [-0.2, 0) is 0 Å². The molecule has 1 fully saturated rings. The molecular formula is C20H24ClN3O5. The second-order valence-electron chi connectivity index (χ2n) is 6.83. The number of carbonyl (C=O) groups is 1. The third-order valence-electron chi connectivity index (χ3n) is 4.79. The number of nitro benzene ring substituents is 1. The van der Waals surface area contributed by atoms with E-state index in [-0.39, 0.29) is 30.6 Å². The second kappa shape index (κ2) is 10.8. The van der Waals surface area contributed by atoms with Gasteiger partial charge in [-0.15, -0.1) is 0 Å². The average molecular weight is 422 g/mol. The molecule has 1 unspecified atom stereocenters. The highest BCUT2D eigenvalue weighted by molar-refractivity contribution is 5.94. The molecule has 3 rings (SSSR count). The van der Waals surface area contributed by atoms with Crippen molar-refractivity contribution in [3.05, 3.63) is 70.3 Å². The number of nitrogens with one attached hydrogen (secondary N) is 1. The summed E-state index contributed by atoms with van der Waals surface area (Å²) >= 11 is 0. The molecule has 1 aliphatic heterocycles. The predicted octanol–water partition coefficient (Wildman–Crippen LogP) is -2.62. The Bertz CT molecular complexity index is 796. The first-order valence-corrected chi connectivity index (χ1v) is 9.26. The maximum atomic E-state index is 12.5. The number of nitro groups is 1. The molecule has 0 spiro atoms. The van der Waals surface area contributed by atoms with Crippen LogP contribution in [0.4, 0.5) is 5.69 Å². The number of piperazine rings is 1. The van der Waals surface area contributed by atoms with Gasteiger partial charge < -0.3 is 32.1 Å². The molecule has 1 heterocycles. The minimum Gasteiger partial charge on any atom is -1.00 e. The SMILES string of the molecule is O=C(c1ccc([N+](=O)[O-])cc1)N1CC[NH+](CC(O)COc2ccccc2)CC1.[Cl-]. The summed E-state index contributed by atoms with van der Waals surface area (Å²) in [7, 11) is 0. The molecule has 0 saturated carbocycles. The summed E-state index contributed by atoms with van der Waals surface area (Å²) in [4.78, 5) is 25.7. The van der Waals surface area contributed by atoms with Crippen LogP contribution in [0.15, 0.2) is 54.6 Å². The summed E-state index contributed by atoms with van der Waals surface area (Å²) in [5, 5.41) is 20.9. The Morgan fingerprint density at radius 2 is 1.76 bits per heavy atom. The molecule has 0 radical (unpaired) electrons. The number of halogens is 1. The van der Waals surface area contributed by atoms with Crippen LogP contribution in [-0.4, -0.2) is 66.3 Å². The van der Waals surface area contributed by atoms with Gasteiger partial charge in [-0.1, -0.05) is 18.2 Å². The van der Waals surface area contributed by atoms with Gasteiger partial charge in [0.25, 0.3) is 11.6 Å². The van der Waals surface area contributed by atoms with Gasteiger partial charge in [0.2, 0.25) is 0 Å². The van der Waals surface area contributed by atoms with E-state index in [0.29, 0.717) is 25.2 Å². The topological polar surface area (TPSA) is 97.4 Å². The van der Waals surface area contributed by atoms with Gasteiger partial charge in [0.1, 0.15) is 25.0 Å². The van der Waals surface area contributed by atoms with E-state index in [1.165, 1.54) is 29.2 Å². The summed E-state index contributed by atoms with van der Waals surface area (Å²) in [6.07, 6.45) is -0.577. The second-order valence-corrected chi connectivity index (χ2v) is 6.83. The van der Waals surface area contributed by atoms with Crippen molar-refractivity contribution in [1.82, 2.24) is 4.90 Å². The lowest BCUT2D eigenvalue weighted by Crippen LogP contribution is -3.16. The van der Waals surface area contributed by atoms with E-state index in [1.807, 2.05) is 30.3 Å². The van der Waals surface area contributed by atoms with E-state index >= 15 is 0 Å². The van der Waals surface area contributed by atoms with Gasteiger partial charge >= 0.3 is 0 Å². The van der Waals surface area contributed by atoms with E-state index < -0.39 is 11.0 Å². The molecule has 156 valence electrons. The zero-order valence-electron chi connectivity index (χ0n) is 15.9. The van der Waals surface area contributed by atoms with Crippen LogP contribution in [0.5, 0.6) is 5.75 Å². The number of ether oxygens (including phenoxy) is 1. The maximum Gasteiger partial charge on any atom is 0.269 e. The van der Waals surface area contributed by atoms with Crippen LogP contribution < -0.4 is 22.0 Å². The van der Waals surface area contributed by atoms with Crippen molar-refractivity contribution in [2.75, 3.05) is 39.3 Å². The molecule has 2 aromatic carbocycles. The van der Waals surface area contributed by atoms with Crippen LogP contribution in [0.2, 0.25) is 0 Å². The van der Waals surface area contributed by atoms with Gasteiger partial charge in [-0.3, -0.25) is 14.9 Å². The zero-order chi connectivity index (χ0) is 19.9. The van der Waals surface area contributed by atoms with Crippen LogP contribution in [0, 0.1) is 10.1 Å². The number of aliphatic hydroxyl groups is 1. The van der Waals surface area contributed by atoms with Gasteiger partial charge in [-0.05, 0) is 24.3 Å². The summed E-state index contributed by atoms with van der Waals surface area (Å²) in [6.45, 7) is 3.43. The summed E-state index contributed by atoms with van der Waals surface area (Å²) in [5.74, 6) is 0.608. The van der Waals surface area contributed by atoms with E-state index in [4.69, 9.17) is 4.74 Å². The fourth-order valence-electron chi connectivity index (χ4n) is 3.24. The number of hydrogen-bond donors (Lipinski definition) is 2. The minimum absolute atomic E-state index is 0. The number of carbonyl (C=O) groups excluding carboxylic acids is 1. The number of hydrogen-bond acceptors (Lipinski definition) is 5. The normalized spacial score (nSPS) is 15.3. The predicted molar refractivity (Wildman–Crippen MR) is 103 cm³/mol. The highest BCUT2D eigenvalue weighted by atomic mass is 35.5. The summed E-state index contributed by atoms with van der Waals surface area (Å²) < 4.78 is 5.58. The number of benzene rings is 2. The lowest BCUT2D eigenvalue weighted by Gasteiger charge is -2.33. The lowest BCUT2D eigenvalue weighted by molar-refractivity contribution is -0.907. The number of rotatable bonds is 7. The van der Waals surface area contributed by atoms with Crippen LogP contribution in [0.1, 0.15) is 10.4 Å². The van der Waals surface area contributed by atoms with E-state index in [1.54, 1.807) is 4.90 Å². The van der Waals surface area contributed by atoms with Crippen molar-refractivity contribution in [2.45, 2.75) is 6.10 Å². The third kappa shape index (κ3) is 6.42. The fourth-order valence-corrected chi connectivity index (χ4v) is 3.24. The Hall–Kier alpha value is -2.68. The molecule has 0 aliphatic carbocycles. The van der Waals surface area contributed by atoms with Crippen LogP contribution in [0.25, 0.3) is 0 Å². The van der Waals surface area contributed by atoms with E-state index in [2.05, 4.69) is 0 Å². The molecule has 1 amide bonds. The van der Waals surface area contributed by atoms with Gasteiger partial charge in [0.05, 0.1) is 31.1 Å². The average Bonchev–Trinajstić information content (AvgIpc) is 2.73. The molecule has 0 bridgehead atoms. The van der Waals surface area contributed by atoms with Crippen molar-refractivity contribution < 1.29 is 36.9 Å². The third-order valence-corrected chi connectivity index (χ3v) is 4.79. The Morgan fingerprint density at radius 3 is 2.34 bits per heavy atom. The first-order chi connectivity index (χ1) is 13.5. The van der Waals surface area contributed by atoms with Crippen molar-refractivity contribution in [1.29, 1.82) is 0 Å². The number of aliphatic hydroxyl groups excluding tert-OH is 1.